The van der Waals surface area contributed by atoms with Gasteiger partial charge >= 0.3 is 0 Å². The fourth-order valence-corrected chi connectivity index (χ4v) is 1.25. The first kappa shape index (κ1) is 9.14. The first-order valence-electron chi connectivity index (χ1n) is 3.91. The van der Waals surface area contributed by atoms with Crippen LogP contribution in [0, 0.1) is 17.2 Å². The summed E-state index contributed by atoms with van der Waals surface area (Å²) in [6.45, 7) is 0.989. The summed E-state index contributed by atoms with van der Waals surface area (Å²) in [6, 6.07) is 1.30. The molecule has 0 N–H and O–H groups in total. The van der Waals surface area contributed by atoms with Gasteiger partial charge in [0.2, 0.25) is 6.17 Å². The summed E-state index contributed by atoms with van der Waals surface area (Å²) in [6.07, 6.45) is -0.866. The van der Waals surface area contributed by atoms with Crippen molar-refractivity contribution in [3.8, 4) is 6.07 Å². The molecule has 66 valence electrons. The van der Waals surface area contributed by atoms with E-state index in [1.807, 2.05) is 0 Å². The van der Waals surface area contributed by atoms with Gasteiger partial charge in [-0.25, -0.2) is 4.39 Å². The SMILES string of the molecule is N#CC(F)C(=O)C1CCOCC1. The molecule has 0 aromatic carbocycles. The Labute approximate surface area is 70.1 Å². The number of alkyl halides is 1. The number of nitrogens with zero attached hydrogens (tertiary/aromatic N) is 1. The maximum Gasteiger partial charge on any atom is 0.243 e. The van der Waals surface area contributed by atoms with Crippen molar-refractivity contribution >= 4 is 5.78 Å². The molecule has 1 unspecified atom stereocenters. The summed E-state index contributed by atoms with van der Waals surface area (Å²) in [5, 5.41) is 8.16. The van der Waals surface area contributed by atoms with Gasteiger partial charge in [0.05, 0.1) is 0 Å². The molecule has 12 heavy (non-hydrogen) atoms. The van der Waals surface area contributed by atoms with Crippen molar-refractivity contribution in [2.24, 2.45) is 5.92 Å². The predicted octanol–water partition coefficient (Wildman–Crippen LogP) is 0.844. The highest BCUT2D eigenvalue weighted by molar-refractivity contribution is 5.87. The second kappa shape index (κ2) is 4.17. The Kier molecular flexibility index (Phi) is 3.18. The minimum atomic E-state index is -1.95. The first-order chi connectivity index (χ1) is 5.75. The van der Waals surface area contributed by atoms with Crippen LogP contribution in [0.15, 0.2) is 0 Å². The summed E-state index contributed by atoms with van der Waals surface area (Å²) in [5.74, 6) is -0.894. The molecular weight excluding hydrogens is 161 g/mol. The van der Waals surface area contributed by atoms with Gasteiger partial charge in [-0.3, -0.25) is 4.79 Å². The van der Waals surface area contributed by atoms with Gasteiger partial charge in [0.1, 0.15) is 6.07 Å². The van der Waals surface area contributed by atoms with Gasteiger partial charge in [-0.05, 0) is 12.8 Å². The largest absolute Gasteiger partial charge is 0.381 e. The van der Waals surface area contributed by atoms with E-state index in [4.69, 9.17) is 10.00 Å². The summed E-state index contributed by atoms with van der Waals surface area (Å²) >= 11 is 0. The third-order valence-electron chi connectivity index (χ3n) is 1.99. The number of carbonyl (C=O) groups is 1. The maximum atomic E-state index is 12.6. The second-order valence-corrected chi connectivity index (χ2v) is 2.78. The molecule has 0 spiro atoms. The molecule has 0 amide bonds. The fraction of sp³-hybridized carbons (Fsp3) is 0.750. The molecule has 0 saturated carbocycles. The Morgan fingerprint density at radius 1 is 1.58 bits per heavy atom. The Bertz CT molecular complexity index is 206. The number of nitriles is 1. The van der Waals surface area contributed by atoms with E-state index in [1.165, 1.54) is 6.07 Å². The van der Waals surface area contributed by atoms with Gasteiger partial charge in [-0.2, -0.15) is 5.26 Å². The predicted molar refractivity (Wildman–Crippen MR) is 39.1 cm³/mol. The summed E-state index contributed by atoms with van der Waals surface area (Å²) in [4.78, 5) is 11.1. The molecule has 1 rings (SSSR count). The highest BCUT2D eigenvalue weighted by Gasteiger charge is 2.27. The minimum Gasteiger partial charge on any atom is -0.381 e. The number of hydrogen-bond donors (Lipinski definition) is 0. The first-order valence-corrected chi connectivity index (χ1v) is 3.91. The standard InChI is InChI=1S/C8H10FNO2/c9-7(5-10)8(11)6-1-3-12-4-2-6/h6-7H,1-4H2. The van der Waals surface area contributed by atoms with Crippen LogP contribution < -0.4 is 0 Å². The van der Waals surface area contributed by atoms with Gasteiger partial charge < -0.3 is 4.74 Å². The van der Waals surface area contributed by atoms with Crippen LogP contribution in [-0.2, 0) is 9.53 Å². The molecule has 0 aromatic heterocycles. The number of rotatable bonds is 2. The van der Waals surface area contributed by atoms with Crippen LogP contribution >= 0.6 is 0 Å². The molecule has 1 atom stereocenters. The van der Waals surface area contributed by atoms with Crippen LogP contribution in [0.4, 0.5) is 4.39 Å². The number of ketones is 1. The van der Waals surface area contributed by atoms with Crippen molar-refractivity contribution < 1.29 is 13.9 Å². The molecule has 0 radical (unpaired) electrons. The van der Waals surface area contributed by atoms with E-state index in [-0.39, 0.29) is 5.92 Å². The molecule has 3 nitrogen and oxygen atoms in total. The number of ether oxygens (including phenoxy) is 1. The Hall–Kier alpha value is -0.950. The number of hydrogen-bond acceptors (Lipinski definition) is 3. The smallest absolute Gasteiger partial charge is 0.243 e. The van der Waals surface area contributed by atoms with Crippen molar-refractivity contribution in [2.45, 2.75) is 19.0 Å². The van der Waals surface area contributed by atoms with E-state index in [1.54, 1.807) is 0 Å². The normalized spacial score (nSPS) is 21.3. The van der Waals surface area contributed by atoms with E-state index in [0.717, 1.165) is 0 Å². The van der Waals surface area contributed by atoms with E-state index in [2.05, 4.69) is 0 Å². The Morgan fingerprint density at radius 3 is 2.67 bits per heavy atom. The van der Waals surface area contributed by atoms with Crippen LogP contribution in [0.2, 0.25) is 0 Å². The minimum absolute atomic E-state index is 0.312. The Balaban J connectivity index is 2.46. The lowest BCUT2D eigenvalue weighted by molar-refractivity contribution is -0.128. The molecule has 0 bridgehead atoms. The van der Waals surface area contributed by atoms with E-state index < -0.39 is 12.0 Å². The zero-order chi connectivity index (χ0) is 8.97. The molecule has 1 fully saturated rings. The van der Waals surface area contributed by atoms with Gasteiger partial charge in [0.25, 0.3) is 0 Å². The highest BCUT2D eigenvalue weighted by Crippen LogP contribution is 2.17. The van der Waals surface area contributed by atoms with E-state index >= 15 is 0 Å². The van der Waals surface area contributed by atoms with Crippen LogP contribution in [0.25, 0.3) is 0 Å². The van der Waals surface area contributed by atoms with E-state index in [9.17, 15) is 9.18 Å². The molecule has 0 aromatic rings. The fourth-order valence-electron chi connectivity index (χ4n) is 1.25. The van der Waals surface area contributed by atoms with Crippen molar-refractivity contribution in [2.75, 3.05) is 13.2 Å². The Morgan fingerprint density at radius 2 is 2.17 bits per heavy atom. The second-order valence-electron chi connectivity index (χ2n) is 2.78. The zero-order valence-corrected chi connectivity index (χ0v) is 6.62. The number of halogens is 1. The van der Waals surface area contributed by atoms with Crippen molar-refractivity contribution in [3.05, 3.63) is 0 Å². The third-order valence-corrected chi connectivity index (χ3v) is 1.99. The van der Waals surface area contributed by atoms with Crippen molar-refractivity contribution in [1.82, 2.24) is 0 Å². The molecule has 1 heterocycles. The summed E-state index contributed by atoms with van der Waals surface area (Å²) in [7, 11) is 0. The molecule has 4 heteroatoms. The van der Waals surface area contributed by atoms with Crippen LogP contribution in [0.1, 0.15) is 12.8 Å². The summed E-state index contributed by atoms with van der Waals surface area (Å²) in [5.41, 5.74) is 0. The molecule has 1 aliphatic heterocycles. The van der Waals surface area contributed by atoms with Crippen molar-refractivity contribution in [1.29, 1.82) is 5.26 Å². The van der Waals surface area contributed by atoms with Crippen molar-refractivity contribution in [3.63, 3.8) is 0 Å². The van der Waals surface area contributed by atoms with Crippen LogP contribution in [0.5, 0.6) is 0 Å². The van der Waals surface area contributed by atoms with Gasteiger partial charge in [0.15, 0.2) is 5.78 Å². The third kappa shape index (κ3) is 2.02. The average Bonchev–Trinajstić information content (AvgIpc) is 2.17. The van der Waals surface area contributed by atoms with E-state index in [0.29, 0.717) is 26.1 Å². The lowest BCUT2D eigenvalue weighted by atomic mass is 9.93. The lowest BCUT2D eigenvalue weighted by Gasteiger charge is -2.20. The monoisotopic (exact) mass is 171 g/mol. The van der Waals surface area contributed by atoms with Crippen LogP contribution in [0.3, 0.4) is 0 Å². The molecule has 0 aliphatic carbocycles. The van der Waals surface area contributed by atoms with Gasteiger partial charge in [0, 0.05) is 19.1 Å². The lowest BCUT2D eigenvalue weighted by Crippen LogP contribution is -2.29. The zero-order valence-electron chi connectivity index (χ0n) is 6.62. The highest BCUT2D eigenvalue weighted by atomic mass is 19.1. The van der Waals surface area contributed by atoms with Crippen LogP contribution in [-0.4, -0.2) is 25.2 Å². The number of carbonyl (C=O) groups excluding carboxylic acids is 1. The molecule has 1 saturated heterocycles. The van der Waals surface area contributed by atoms with Gasteiger partial charge in [-0.1, -0.05) is 0 Å². The summed E-state index contributed by atoms with van der Waals surface area (Å²) < 4.78 is 17.6. The molecule has 1 aliphatic rings. The average molecular weight is 171 g/mol. The topological polar surface area (TPSA) is 50.1 Å². The van der Waals surface area contributed by atoms with Gasteiger partial charge in [-0.15, -0.1) is 0 Å². The molecular formula is C8H10FNO2. The maximum absolute atomic E-state index is 12.6. The quantitative estimate of drug-likeness (QED) is 0.618. The number of Topliss-reactive ketones (excluding diaryl/α,β-unsaturated/α-hetero) is 1.